The van der Waals surface area contributed by atoms with E-state index in [0.29, 0.717) is 17.1 Å². The lowest BCUT2D eigenvalue weighted by Crippen LogP contribution is -2.44. The highest BCUT2D eigenvalue weighted by Gasteiger charge is 2.21. The van der Waals surface area contributed by atoms with Crippen LogP contribution in [0.3, 0.4) is 0 Å². The Labute approximate surface area is 107 Å². The molecule has 0 spiro atoms. The maximum atomic E-state index is 12.4. The number of ketones is 1. The summed E-state index contributed by atoms with van der Waals surface area (Å²) in [6.07, 6.45) is 1.68. The molecule has 96 valence electrons. The van der Waals surface area contributed by atoms with Crippen molar-refractivity contribution in [2.45, 2.75) is 6.92 Å². The summed E-state index contributed by atoms with van der Waals surface area (Å²) in [5.41, 5.74) is 2.00. The molecular weight excluding hydrogens is 228 g/mol. The third-order valence-corrected chi connectivity index (χ3v) is 3.28. The second-order valence-electron chi connectivity index (χ2n) is 4.35. The van der Waals surface area contributed by atoms with Crippen molar-refractivity contribution in [1.29, 1.82) is 0 Å². The molecule has 1 fully saturated rings. The van der Waals surface area contributed by atoms with Crippen molar-refractivity contribution in [3.05, 3.63) is 29.6 Å². The highest BCUT2D eigenvalue weighted by Crippen LogP contribution is 2.23. The van der Waals surface area contributed by atoms with Crippen molar-refractivity contribution < 1.29 is 4.79 Å². The van der Waals surface area contributed by atoms with E-state index in [0.717, 1.165) is 31.7 Å². The highest BCUT2D eigenvalue weighted by molar-refractivity contribution is 6.09. The molecule has 1 aromatic heterocycles. The Morgan fingerprint density at radius 2 is 2.11 bits per heavy atom. The molecule has 2 N–H and O–H groups in total. The van der Waals surface area contributed by atoms with Crippen LogP contribution in [0, 0.1) is 6.92 Å². The minimum Gasteiger partial charge on any atom is -0.366 e. The number of nitrogens with one attached hydrogen (secondary N) is 2. The zero-order valence-electron chi connectivity index (χ0n) is 10.6. The number of rotatable bonds is 4. The topological polar surface area (TPSA) is 60.5 Å². The van der Waals surface area contributed by atoms with Crippen molar-refractivity contribution in [2.75, 3.05) is 26.2 Å². The van der Waals surface area contributed by atoms with Gasteiger partial charge in [0.1, 0.15) is 5.82 Å². The van der Waals surface area contributed by atoms with Gasteiger partial charge in [-0.05, 0) is 13.6 Å². The second kappa shape index (κ2) is 5.18. The minimum atomic E-state index is -0.0412. The van der Waals surface area contributed by atoms with E-state index in [2.05, 4.69) is 28.6 Å². The molecule has 0 atom stereocenters. The van der Waals surface area contributed by atoms with Crippen molar-refractivity contribution in [2.24, 2.45) is 4.99 Å². The van der Waals surface area contributed by atoms with Gasteiger partial charge in [0.2, 0.25) is 5.78 Å². The van der Waals surface area contributed by atoms with Gasteiger partial charge in [-0.25, -0.2) is 4.99 Å². The summed E-state index contributed by atoms with van der Waals surface area (Å²) < 4.78 is 0. The fourth-order valence-electron chi connectivity index (χ4n) is 2.12. The normalized spacial score (nSPS) is 15.5. The molecule has 1 aliphatic heterocycles. The van der Waals surface area contributed by atoms with Crippen LogP contribution in [0.1, 0.15) is 15.9 Å². The first-order chi connectivity index (χ1) is 8.65. The molecule has 0 saturated carbocycles. The van der Waals surface area contributed by atoms with E-state index in [9.17, 15) is 4.79 Å². The molecule has 18 heavy (non-hydrogen) atoms. The Morgan fingerprint density at radius 1 is 1.44 bits per heavy atom. The van der Waals surface area contributed by atoms with Crippen LogP contribution in [-0.2, 0) is 0 Å². The van der Waals surface area contributed by atoms with Gasteiger partial charge in [0.05, 0.1) is 5.70 Å². The van der Waals surface area contributed by atoms with E-state index in [1.807, 2.05) is 11.8 Å². The fourth-order valence-corrected chi connectivity index (χ4v) is 2.12. The first-order valence-corrected chi connectivity index (χ1v) is 5.99. The van der Waals surface area contributed by atoms with E-state index in [1.54, 1.807) is 6.20 Å². The lowest BCUT2D eigenvalue weighted by molar-refractivity contribution is 0.0986. The number of piperazine rings is 1. The average molecular weight is 246 g/mol. The standard InChI is InChI=1S/C13H18N4O/c1-9-11(8-16-13(9)14-3)12(18)10(2)17-6-4-15-5-7-17/h8,15-16H,2-7H2,1H3. The van der Waals surface area contributed by atoms with Crippen LogP contribution in [0.5, 0.6) is 0 Å². The van der Waals surface area contributed by atoms with Gasteiger partial charge in [0.15, 0.2) is 0 Å². The molecule has 1 saturated heterocycles. The van der Waals surface area contributed by atoms with Gasteiger partial charge in [0, 0.05) is 43.5 Å². The van der Waals surface area contributed by atoms with Gasteiger partial charge in [-0.15, -0.1) is 0 Å². The molecule has 0 amide bonds. The summed E-state index contributed by atoms with van der Waals surface area (Å²) in [5.74, 6) is 0.604. The molecule has 0 unspecified atom stereocenters. The smallest absolute Gasteiger partial charge is 0.210 e. The maximum Gasteiger partial charge on any atom is 0.210 e. The quantitative estimate of drug-likeness (QED) is 0.477. The van der Waals surface area contributed by atoms with Crippen molar-refractivity contribution in [1.82, 2.24) is 15.2 Å². The number of Topliss-reactive ketones (excluding diaryl/α,β-unsaturated/α-hetero) is 1. The lowest BCUT2D eigenvalue weighted by Gasteiger charge is -2.30. The van der Waals surface area contributed by atoms with E-state index in [-0.39, 0.29) is 5.78 Å². The molecule has 1 aliphatic rings. The second-order valence-corrected chi connectivity index (χ2v) is 4.35. The lowest BCUT2D eigenvalue weighted by atomic mass is 10.1. The molecule has 2 rings (SSSR count). The predicted molar refractivity (Wildman–Crippen MR) is 72.7 cm³/mol. The van der Waals surface area contributed by atoms with Crippen LogP contribution in [0.2, 0.25) is 0 Å². The number of aromatic nitrogens is 1. The van der Waals surface area contributed by atoms with Gasteiger partial charge in [-0.2, -0.15) is 0 Å². The largest absolute Gasteiger partial charge is 0.366 e. The number of aromatic amines is 1. The molecule has 2 heterocycles. The van der Waals surface area contributed by atoms with E-state index >= 15 is 0 Å². The Balaban J connectivity index is 2.17. The van der Waals surface area contributed by atoms with Gasteiger partial charge < -0.3 is 15.2 Å². The van der Waals surface area contributed by atoms with Crippen LogP contribution in [0.25, 0.3) is 0 Å². The van der Waals surface area contributed by atoms with Gasteiger partial charge in [-0.3, -0.25) is 4.79 Å². The molecule has 0 bridgehead atoms. The van der Waals surface area contributed by atoms with Crippen LogP contribution in [0.4, 0.5) is 5.82 Å². The highest BCUT2D eigenvalue weighted by atomic mass is 16.1. The summed E-state index contributed by atoms with van der Waals surface area (Å²) in [6.45, 7) is 12.7. The van der Waals surface area contributed by atoms with Gasteiger partial charge >= 0.3 is 0 Å². The molecule has 0 aliphatic carbocycles. The molecular formula is C13H18N4O. The third kappa shape index (κ3) is 2.22. The summed E-state index contributed by atoms with van der Waals surface area (Å²) in [5, 5.41) is 3.25. The summed E-state index contributed by atoms with van der Waals surface area (Å²) in [7, 11) is 0. The minimum absolute atomic E-state index is 0.0412. The zero-order valence-corrected chi connectivity index (χ0v) is 10.6. The third-order valence-electron chi connectivity index (χ3n) is 3.28. The zero-order chi connectivity index (χ0) is 13.1. The Bertz CT molecular complexity index is 483. The monoisotopic (exact) mass is 246 g/mol. The molecule has 5 heteroatoms. The van der Waals surface area contributed by atoms with Crippen molar-refractivity contribution >= 4 is 18.3 Å². The SMILES string of the molecule is C=Nc1[nH]cc(C(=O)C(=C)N2CCNCC2)c1C. The van der Waals surface area contributed by atoms with Crippen LogP contribution in [0.15, 0.2) is 23.5 Å². The summed E-state index contributed by atoms with van der Waals surface area (Å²) in [4.78, 5) is 21.1. The van der Waals surface area contributed by atoms with Crippen molar-refractivity contribution in [3.8, 4) is 0 Å². The molecule has 5 nitrogen and oxygen atoms in total. The fraction of sp³-hybridized carbons (Fsp3) is 0.385. The predicted octanol–water partition coefficient (Wildman–Crippen LogP) is 1.26. The van der Waals surface area contributed by atoms with Crippen LogP contribution in [-0.4, -0.2) is 48.6 Å². The Hall–Kier alpha value is -1.88. The van der Waals surface area contributed by atoms with E-state index < -0.39 is 0 Å². The summed E-state index contributed by atoms with van der Waals surface area (Å²) in [6, 6.07) is 0. The van der Waals surface area contributed by atoms with E-state index in [4.69, 9.17) is 0 Å². The molecule has 0 radical (unpaired) electrons. The number of H-pyrrole nitrogens is 1. The molecule has 0 aromatic carbocycles. The first kappa shape index (κ1) is 12.6. The molecule has 1 aromatic rings. The number of hydrogen-bond acceptors (Lipinski definition) is 4. The average Bonchev–Trinajstić information content (AvgIpc) is 2.79. The van der Waals surface area contributed by atoms with Crippen LogP contribution < -0.4 is 5.32 Å². The number of allylic oxidation sites excluding steroid dienone is 1. The van der Waals surface area contributed by atoms with Crippen LogP contribution >= 0.6 is 0 Å². The number of carbonyl (C=O) groups excluding carboxylic acids is 1. The van der Waals surface area contributed by atoms with Gasteiger partial charge in [0.25, 0.3) is 0 Å². The Kier molecular flexibility index (Phi) is 3.62. The summed E-state index contributed by atoms with van der Waals surface area (Å²) >= 11 is 0. The first-order valence-electron chi connectivity index (χ1n) is 5.99. The van der Waals surface area contributed by atoms with Crippen molar-refractivity contribution in [3.63, 3.8) is 0 Å². The maximum absolute atomic E-state index is 12.4. The van der Waals surface area contributed by atoms with Gasteiger partial charge in [-0.1, -0.05) is 6.58 Å². The number of hydrogen-bond donors (Lipinski definition) is 2. The number of aliphatic imine (C=N–C) groups is 1. The number of carbonyl (C=O) groups is 1. The van der Waals surface area contributed by atoms with E-state index in [1.165, 1.54) is 0 Å². The Morgan fingerprint density at radius 3 is 2.67 bits per heavy atom. The number of nitrogens with zero attached hydrogens (tertiary/aromatic N) is 2.